The van der Waals surface area contributed by atoms with Crippen LogP contribution in [0.3, 0.4) is 0 Å². The van der Waals surface area contributed by atoms with Crippen molar-refractivity contribution in [2.45, 2.75) is 266 Å². The monoisotopic (exact) mass is 1080 g/mol. The fourth-order valence-electron chi connectivity index (χ4n) is 9.98. The first-order valence-electron chi connectivity index (χ1n) is 29.3. The Kier molecular flexibility index (Phi) is 29.7. The number of phenols is 2. The highest BCUT2D eigenvalue weighted by molar-refractivity contribution is 7.99. The van der Waals surface area contributed by atoms with Gasteiger partial charge in [-0.05, 0) is 109 Å². The van der Waals surface area contributed by atoms with Gasteiger partial charge in [-0.3, -0.25) is 19.3 Å². The zero-order valence-electron chi connectivity index (χ0n) is 49.2. The van der Waals surface area contributed by atoms with Crippen LogP contribution in [0.5, 0.6) is 11.5 Å². The minimum absolute atomic E-state index is 0.0535. The van der Waals surface area contributed by atoms with E-state index < -0.39 is 29.7 Å². The van der Waals surface area contributed by atoms with E-state index in [4.69, 9.17) is 9.47 Å². The number of benzene rings is 2. The van der Waals surface area contributed by atoms with Crippen LogP contribution in [-0.2, 0) is 47.5 Å². The first kappa shape index (κ1) is 65.9. The molecule has 3 rings (SSSR count). The fraction of sp³-hybridized carbons (Fsp3) is 0.746. The number of imide groups is 1. The number of carbonyl (C=O) groups is 4. The van der Waals surface area contributed by atoms with Gasteiger partial charge in [0.25, 0.3) is 5.91 Å². The largest absolute Gasteiger partial charge is 0.507 e. The standard InChI is InChI=1S/C63H104N2O8S2/c1-13-15-17-19-21-23-25-27-29-31-37-74-45-51(72-55(66)35-33-49-39-47(3)57(68)53(41-49)61(5,6)7)43-64-59(70)63(11,12)65(60(64)71)44-52(46-75-38-32-30-28-26-24-22-20-18-16-14-2)73-56(67)36-34-50-40-48(4)58(69)54(42-50)62(8,9)10/h39-42,51-52,68-69H,13-38,43-46H2,1-12H3. The lowest BCUT2D eigenvalue weighted by atomic mass is 9.83. The molecular formula is C63H104N2O8S2. The number of esters is 2. The van der Waals surface area contributed by atoms with Crippen molar-refractivity contribution in [1.29, 1.82) is 0 Å². The number of ether oxygens (including phenoxy) is 2. The van der Waals surface area contributed by atoms with Crippen LogP contribution in [0.1, 0.15) is 244 Å². The van der Waals surface area contributed by atoms with Crippen molar-refractivity contribution in [3.8, 4) is 11.5 Å². The Labute approximate surface area is 464 Å². The van der Waals surface area contributed by atoms with Gasteiger partial charge in [0, 0.05) is 24.3 Å². The highest BCUT2D eigenvalue weighted by atomic mass is 32.2. The topological polar surface area (TPSA) is 134 Å². The summed E-state index contributed by atoms with van der Waals surface area (Å²) in [5.41, 5.74) is 3.27. The summed E-state index contributed by atoms with van der Waals surface area (Å²) in [6.07, 6.45) is 24.7. The van der Waals surface area contributed by atoms with Gasteiger partial charge in [0.2, 0.25) is 0 Å². The number of aryl methyl sites for hydroxylation is 4. The van der Waals surface area contributed by atoms with Crippen LogP contribution in [0.2, 0.25) is 0 Å². The minimum atomic E-state index is -1.23. The third-order valence-electron chi connectivity index (χ3n) is 14.7. The van der Waals surface area contributed by atoms with Crippen molar-refractivity contribution in [2.75, 3.05) is 36.1 Å². The summed E-state index contributed by atoms with van der Waals surface area (Å²) < 4.78 is 12.4. The first-order valence-corrected chi connectivity index (χ1v) is 31.7. The van der Waals surface area contributed by atoms with Crippen molar-refractivity contribution in [2.24, 2.45) is 0 Å². The highest BCUT2D eigenvalue weighted by Crippen LogP contribution is 2.36. The highest BCUT2D eigenvalue weighted by Gasteiger charge is 2.52. The number of hydrogen-bond donors (Lipinski definition) is 2. The van der Waals surface area contributed by atoms with Gasteiger partial charge in [0.05, 0.1) is 13.1 Å². The SMILES string of the molecule is CCCCCCCCCCCCSCC(CN1C(=O)N(CC(CSCCCCCCCCCCCC)OC(=O)CCc2cc(C)c(O)c(C(C)(C)C)c2)C(C)(C)C1=O)OC(=O)CCc1cc(C)c(O)c(C(C)(C)C)c1. The van der Waals surface area contributed by atoms with E-state index in [9.17, 15) is 29.4 Å². The summed E-state index contributed by atoms with van der Waals surface area (Å²) in [6, 6.07) is 7.30. The average molecular weight is 1080 g/mol. The first-order chi connectivity index (χ1) is 35.5. The summed E-state index contributed by atoms with van der Waals surface area (Å²) in [7, 11) is 0. The lowest BCUT2D eigenvalue weighted by Gasteiger charge is -2.31. The van der Waals surface area contributed by atoms with Crippen molar-refractivity contribution >= 4 is 47.4 Å². The summed E-state index contributed by atoms with van der Waals surface area (Å²) >= 11 is 3.42. The number of carbonyl (C=O) groups excluding carboxylic acids is 4. The second kappa shape index (κ2) is 33.8. The van der Waals surface area contributed by atoms with E-state index >= 15 is 0 Å². The van der Waals surface area contributed by atoms with Gasteiger partial charge in [0.1, 0.15) is 29.2 Å². The Morgan fingerprint density at radius 2 is 0.907 bits per heavy atom. The molecule has 2 unspecified atom stereocenters. The minimum Gasteiger partial charge on any atom is -0.507 e. The molecule has 0 saturated carbocycles. The maximum absolute atomic E-state index is 14.6. The van der Waals surface area contributed by atoms with E-state index in [1.807, 2.05) is 38.1 Å². The predicted molar refractivity (Wildman–Crippen MR) is 316 cm³/mol. The summed E-state index contributed by atoms with van der Waals surface area (Å²) in [5, 5.41) is 21.6. The molecule has 75 heavy (non-hydrogen) atoms. The molecule has 2 aromatic rings. The molecule has 0 bridgehead atoms. The Morgan fingerprint density at radius 3 is 1.27 bits per heavy atom. The van der Waals surface area contributed by atoms with Crippen LogP contribution in [-0.4, -0.2) is 97.7 Å². The van der Waals surface area contributed by atoms with Crippen molar-refractivity contribution in [3.05, 3.63) is 57.6 Å². The van der Waals surface area contributed by atoms with Crippen LogP contribution in [0.25, 0.3) is 0 Å². The van der Waals surface area contributed by atoms with Gasteiger partial charge in [-0.2, -0.15) is 23.5 Å². The lowest BCUT2D eigenvalue weighted by Crippen LogP contribution is -2.48. The second-order valence-corrected chi connectivity index (χ2v) is 26.5. The van der Waals surface area contributed by atoms with E-state index in [0.29, 0.717) is 24.3 Å². The molecule has 0 aromatic heterocycles. The molecule has 10 nitrogen and oxygen atoms in total. The van der Waals surface area contributed by atoms with Crippen molar-refractivity contribution in [3.63, 3.8) is 0 Å². The number of phenolic OH excluding ortho intramolecular Hbond substituents is 2. The molecule has 1 aliphatic heterocycles. The third-order valence-corrected chi connectivity index (χ3v) is 17.1. The Morgan fingerprint density at radius 1 is 0.560 bits per heavy atom. The molecule has 426 valence electrons. The van der Waals surface area contributed by atoms with Crippen LogP contribution < -0.4 is 0 Å². The van der Waals surface area contributed by atoms with E-state index in [1.54, 1.807) is 42.3 Å². The molecule has 0 aliphatic carbocycles. The maximum atomic E-state index is 14.6. The Bertz CT molecular complexity index is 2040. The number of unbranched alkanes of at least 4 members (excludes halogenated alkanes) is 18. The number of amides is 3. The molecule has 2 atom stereocenters. The molecule has 1 fully saturated rings. The van der Waals surface area contributed by atoms with Gasteiger partial charge in [-0.25, -0.2) is 4.79 Å². The van der Waals surface area contributed by atoms with Crippen LogP contribution in [0, 0.1) is 13.8 Å². The summed E-state index contributed by atoms with van der Waals surface area (Å²) in [5.74, 6) is 2.12. The average Bonchev–Trinajstić information content (AvgIpc) is 3.49. The fourth-order valence-corrected chi connectivity index (χ4v) is 12.0. The van der Waals surface area contributed by atoms with Crippen LogP contribution in [0.15, 0.2) is 24.3 Å². The molecule has 2 aromatic carbocycles. The van der Waals surface area contributed by atoms with Gasteiger partial charge < -0.3 is 24.6 Å². The molecular weight excluding hydrogens is 977 g/mol. The van der Waals surface area contributed by atoms with Gasteiger partial charge in [-0.1, -0.05) is 195 Å². The van der Waals surface area contributed by atoms with Crippen LogP contribution >= 0.6 is 23.5 Å². The summed E-state index contributed by atoms with van der Waals surface area (Å²) in [4.78, 5) is 59.2. The normalized spacial score (nSPS) is 14.7. The van der Waals surface area contributed by atoms with E-state index in [2.05, 4.69) is 55.4 Å². The van der Waals surface area contributed by atoms with Gasteiger partial charge >= 0.3 is 18.0 Å². The van der Waals surface area contributed by atoms with E-state index in [0.717, 1.165) is 70.6 Å². The number of urea groups is 1. The van der Waals surface area contributed by atoms with Crippen molar-refractivity contribution in [1.82, 2.24) is 9.80 Å². The number of aromatic hydroxyl groups is 2. The number of thioether (sulfide) groups is 2. The zero-order valence-corrected chi connectivity index (χ0v) is 50.9. The van der Waals surface area contributed by atoms with E-state index in [-0.39, 0.29) is 60.1 Å². The zero-order chi connectivity index (χ0) is 55.6. The quantitative estimate of drug-likeness (QED) is 0.0380. The molecule has 1 saturated heterocycles. The molecule has 0 spiro atoms. The van der Waals surface area contributed by atoms with Crippen LogP contribution in [0.4, 0.5) is 4.79 Å². The molecule has 12 heteroatoms. The number of hydrogen-bond acceptors (Lipinski definition) is 10. The van der Waals surface area contributed by atoms with Crippen molar-refractivity contribution < 1.29 is 38.9 Å². The molecule has 3 amide bonds. The lowest BCUT2D eigenvalue weighted by molar-refractivity contribution is -0.150. The predicted octanol–water partition coefficient (Wildman–Crippen LogP) is 16.0. The molecule has 0 radical (unpaired) electrons. The van der Waals surface area contributed by atoms with Gasteiger partial charge in [-0.15, -0.1) is 0 Å². The summed E-state index contributed by atoms with van der Waals surface area (Å²) in [6.45, 7) is 24.0. The Balaban J connectivity index is 1.75. The second-order valence-electron chi connectivity index (χ2n) is 24.2. The van der Waals surface area contributed by atoms with Gasteiger partial charge in [0.15, 0.2) is 0 Å². The third kappa shape index (κ3) is 23.6. The molecule has 2 N–H and O–H groups in total. The number of rotatable bonds is 38. The smallest absolute Gasteiger partial charge is 0.327 e. The molecule has 1 aliphatic rings. The molecule has 1 heterocycles. The number of nitrogens with zero attached hydrogens (tertiary/aromatic N) is 2. The van der Waals surface area contributed by atoms with E-state index in [1.165, 1.54) is 108 Å². The Hall–Kier alpha value is -3.38. The maximum Gasteiger partial charge on any atom is 0.327 e.